The minimum absolute atomic E-state index is 0.232. The summed E-state index contributed by atoms with van der Waals surface area (Å²) < 4.78 is 33.0. The molecule has 0 bridgehead atoms. The third kappa shape index (κ3) is 3.75. The zero-order valence-electron chi connectivity index (χ0n) is 15.9. The second kappa shape index (κ2) is 7.70. The summed E-state index contributed by atoms with van der Waals surface area (Å²) in [4.78, 5) is 6.19. The van der Waals surface area contributed by atoms with Crippen LogP contribution in [0.5, 0.6) is 0 Å². The molecule has 0 N–H and O–H groups in total. The molecule has 148 valence electrons. The number of oxazole rings is 1. The summed E-state index contributed by atoms with van der Waals surface area (Å²) >= 11 is 0. The normalized spacial score (nSPS) is 15.2. The number of hydrogen-bond donors (Lipinski definition) is 0. The van der Waals surface area contributed by atoms with E-state index in [9.17, 15) is 13.7 Å². The Balaban J connectivity index is 1.48. The van der Waals surface area contributed by atoms with Crippen LogP contribution in [-0.2, 0) is 10.0 Å². The van der Waals surface area contributed by atoms with Gasteiger partial charge in [-0.15, -0.1) is 0 Å². The highest BCUT2D eigenvalue weighted by Gasteiger charge is 2.30. The average Bonchev–Trinajstić information content (AvgIpc) is 3.15. The van der Waals surface area contributed by atoms with E-state index in [4.69, 9.17) is 4.42 Å². The molecule has 1 aromatic heterocycles. The summed E-state index contributed by atoms with van der Waals surface area (Å²) in [5.74, 6) is 0.833. The first kappa shape index (κ1) is 19.2. The van der Waals surface area contributed by atoms with Crippen molar-refractivity contribution in [3.8, 4) is 17.2 Å². The smallest absolute Gasteiger partial charge is 0.243 e. The lowest BCUT2D eigenvalue weighted by Gasteiger charge is -2.33. The lowest BCUT2D eigenvalue weighted by molar-refractivity contribution is 0.372. The molecule has 1 fully saturated rings. The van der Waals surface area contributed by atoms with E-state index in [-0.39, 0.29) is 10.6 Å². The Hall–Kier alpha value is -3.15. The maximum Gasteiger partial charge on any atom is 0.243 e. The number of sulfonamides is 1. The molecule has 7 nitrogen and oxygen atoms in total. The summed E-state index contributed by atoms with van der Waals surface area (Å²) in [6.07, 6.45) is 0. The Bertz CT molecular complexity index is 1140. The van der Waals surface area contributed by atoms with Crippen molar-refractivity contribution in [3.05, 3.63) is 66.2 Å². The fourth-order valence-corrected chi connectivity index (χ4v) is 4.86. The van der Waals surface area contributed by atoms with Gasteiger partial charge in [-0.3, -0.25) is 0 Å². The summed E-state index contributed by atoms with van der Waals surface area (Å²) in [6.45, 7) is 3.18. The molecule has 29 heavy (non-hydrogen) atoms. The molecule has 0 unspecified atom stereocenters. The fourth-order valence-electron chi connectivity index (χ4n) is 3.43. The molecule has 1 aliphatic rings. The highest BCUT2D eigenvalue weighted by atomic mass is 32.2. The van der Waals surface area contributed by atoms with E-state index in [1.807, 2.05) is 53.4 Å². The number of aromatic nitrogens is 1. The predicted molar refractivity (Wildman–Crippen MR) is 109 cm³/mol. The lowest BCUT2D eigenvalue weighted by atomic mass is 10.1. The minimum Gasteiger partial charge on any atom is -0.424 e. The van der Waals surface area contributed by atoms with E-state index >= 15 is 0 Å². The molecule has 3 aromatic rings. The van der Waals surface area contributed by atoms with Gasteiger partial charge in [0.25, 0.3) is 0 Å². The third-order valence-corrected chi connectivity index (χ3v) is 6.86. The summed E-state index contributed by atoms with van der Waals surface area (Å²) in [7, 11) is -3.58. The molecule has 0 amide bonds. The van der Waals surface area contributed by atoms with Gasteiger partial charge in [-0.2, -0.15) is 9.57 Å². The minimum atomic E-state index is -3.58. The van der Waals surface area contributed by atoms with Crippen LogP contribution in [0.4, 0.5) is 5.88 Å². The number of anilines is 1. The molecule has 0 saturated carbocycles. The maximum absolute atomic E-state index is 13.0. The standard InChI is InChI=1S/C21H20N4O3S/c1-16-23-20(15-22)21(28-16)24-11-13-25(14-12-24)29(26,27)19-9-7-18(8-10-19)17-5-3-2-4-6-17/h2-10H,11-14H2,1H3. The van der Waals surface area contributed by atoms with Crippen LogP contribution in [0.2, 0.25) is 0 Å². The average molecular weight is 408 g/mol. The van der Waals surface area contributed by atoms with Crippen molar-refractivity contribution in [2.45, 2.75) is 11.8 Å². The van der Waals surface area contributed by atoms with Crippen molar-refractivity contribution in [1.29, 1.82) is 5.26 Å². The highest BCUT2D eigenvalue weighted by Crippen LogP contribution is 2.26. The van der Waals surface area contributed by atoms with Gasteiger partial charge in [0.1, 0.15) is 6.07 Å². The van der Waals surface area contributed by atoms with Crippen LogP contribution in [0.15, 0.2) is 63.9 Å². The van der Waals surface area contributed by atoms with Crippen molar-refractivity contribution in [2.24, 2.45) is 0 Å². The van der Waals surface area contributed by atoms with Crippen LogP contribution in [0, 0.1) is 18.3 Å². The predicted octanol–water partition coefficient (Wildman–Crippen LogP) is 3.03. The van der Waals surface area contributed by atoms with Crippen LogP contribution in [-0.4, -0.2) is 43.9 Å². The van der Waals surface area contributed by atoms with E-state index < -0.39 is 10.0 Å². The Labute approximate surface area is 169 Å². The third-order valence-electron chi connectivity index (χ3n) is 4.95. The van der Waals surface area contributed by atoms with Gasteiger partial charge in [-0.25, -0.2) is 13.4 Å². The van der Waals surface area contributed by atoms with Gasteiger partial charge in [0.15, 0.2) is 5.89 Å². The number of piperazine rings is 1. The molecule has 0 radical (unpaired) electrons. The number of benzene rings is 2. The first-order chi connectivity index (χ1) is 14.0. The van der Waals surface area contributed by atoms with E-state index in [2.05, 4.69) is 4.98 Å². The van der Waals surface area contributed by atoms with Gasteiger partial charge in [0, 0.05) is 33.1 Å². The number of aryl methyl sites for hydroxylation is 1. The van der Waals surface area contributed by atoms with Crippen molar-refractivity contribution >= 4 is 15.9 Å². The van der Waals surface area contributed by atoms with Crippen LogP contribution in [0.3, 0.4) is 0 Å². The zero-order valence-corrected chi connectivity index (χ0v) is 16.8. The van der Waals surface area contributed by atoms with Crippen molar-refractivity contribution < 1.29 is 12.8 Å². The molecule has 8 heteroatoms. The van der Waals surface area contributed by atoms with Gasteiger partial charge in [-0.1, -0.05) is 42.5 Å². The van der Waals surface area contributed by atoms with Crippen LogP contribution in [0.1, 0.15) is 11.6 Å². The van der Waals surface area contributed by atoms with Gasteiger partial charge >= 0.3 is 0 Å². The largest absolute Gasteiger partial charge is 0.424 e. The Morgan fingerprint density at radius 1 is 0.966 bits per heavy atom. The summed E-state index contributed by atoms with van der Waals surface area (Å²) in [5.41, 5.74) is 2.25. The van der Waals surface area contributed by atoms with Crippen molar-refractivity contribution in [3.63, 3.8) is 0 Å². The number of rotatable bonds is 4. The van der Waals surface area contributed by atoms with E-state index in [1.54, 1.807) is 19.1 Å². The van der Waals surface area contributed by atoms with Crippen molar-refractivity contribution in [1.82, 2.24) is 9.29 Å². The maximum atomic E-state index is 13.0. The molecular weight excluding hydrogens is 388 g/mol. The molecule has 4 rings (SSSR count). The second-order valence-electron chi connectivity index (χ2n) is 6.78. The van der Waals surface area contributed by atoms with Gasteiger partial charge in [0.2, 0.25) is 21.6 Å². The quantitative estimate of drug-likeness (QED) is 0.659. The van der Waals surface area contributed by atoms with E-state index in [0.717, 1.165) is 11.1 Å². The number of nitrogens with zero attached hydrogens (tertiary/aromatic N) is 4. The number of nitriles is 1. The zero-order chi connectivity index (χ0) is 20.4. The highest BCUT2D eigenvalue weighted by molar-refractivity contribution is 7.89. The Morgan fingerprint density at radius 2 is 1.59 bits per heavy atom. The fraction of sp³-hybridized carbons (Fsp3) is 0.238. The lowest BCUT2D eigenvalue weighted by Crippen LogP contribution is -2.48. The first-order valence-electron chi connectivity index (χ1n) is 9.27. The second-order valence-corrected chi connectivity index (χ2v) is 8.72. The van der Waals surface area contributed by atoms with Crippen LogP contribution < -0.4 is 4.90 Å². The van der Waals surface area contributed by atoms with Gasteiger partial charge in [-0.05, 0) is 23.3 Å². The monoisotopic (exact) mass is 408 g/mol. The van der Waals surface area contributed by atoms with Gasteiger partial charge < -0.3 is 9.32 Å². The van der Waals surface area contributed by atoms with E-state index in [0.29, 0.717) is 38.0 Å². The molecule has 1 saturated heterocycles. The van der Waals surface area contributed by atoms with Crippen molar-refractivity contribution in [2.75, 3.05) is 31.1 Å². The molecule has 0 atom stereocenters. The van der Waals surface area contributed by atoms with Gasteiger partial charge in [0.05, 0.1) is 4.90 Å². The van der Waals surface area contributed by atoms with Crippen LogP contribution in [0.25, 0.3) is 11.1 Å². The molecular formula is C21H20N4O3S. The number of hydrogen-bond acceptors (Lipinski definition) is 6. The van der Waals surface area contributed by atoms with E-state index in [1.165, 1.54) is 4.31 Å². The molecule has 0 spiro atoms. The Kier molecular flexibility index (Phi) is 5.09. The summed E-state index contributed by atoms with van der Waals surface area (Å²) in [5, 5.41) is 9.19. The van der Waals surface area contributed by atoms with Crippen LogP contribution >= 0.6 is 0 Å². The first-order valence-corrected chi connectivity index (χ1v) is 10.7. The molecule has 2 aromatic carbocycles. The molecule has 0 aliphatic carbocycles. The topological polar surface area (TPSA) is 90.4 Å². The summed E-state index contributed by atoms with van der Waals surface area (Å²) in [6, 6.07) is 18.8. The molecule has 1 aliphatic heterocycles. The molecule has 2 heterocycles. The SMILES string of the molecule is Cc1nc(C#N)c(N2CCN(S(=O)(=O)c3ccc(-c4ccccc4)cc3)CC2)o1. The Morgan fingerprint density at radius 3 is 2.21 bits per heavy atom.